The van der Waals surface area contributed by atoms with Crippen LogP contribution in [-0.4, -0.2) is 7.11 Å². The van der Waals surface area contributed by atoms with Gasteiger partial charge in [0.05, 0.1) is 18.0 Å². The summed E-state index contributed by atoms with van der Waals surface area (Å²) >= 11 is 12.5. The second-order valence-corrected chi connectivity index (χ2v) is 6.59. The number of nitrogens with two attached hydrogens (primary N) is 1. The third-order valence-electron chi connectivity index (χ3n) is 2.13. The number of ether oxygens (including phenoxy) is 1. The minimum absolute atomic E-state index is 0.177. The van der Waals surface area contributed by atoms with Crippen LogP contribution in [0.25, 0.3) is 0 Å². The van der Waals surface area contributed by atoms with E-state index in [0.29, 0.717) is 0 Å². The molecule has 2 rings (SSSR count). The Morgan fingerprint density at radius 1 is 1.56 bits per heavy atom. The zero-order valence-corrected chi connectivity index (χ0v) is 12.3. The molecule has 0 aromatic carbocycles. The van der Waals surface area contributed by atoms with Gasteiger partial charge in [0.2, 0.25) is 0 Å². The molecule has 1 atom stereocenters. The molecule has 0 fully saturated rings. The molecule has 0 amide bonds. The number of thiophene rings is 2. The summed E-state index contributed by atoms with van der Waals surface area (Å²) in [7, 11) is 1.65. The van der Waals surface area contributed by atoms with Gasteiger partial charge in [-0.3, -0.25) is 0 Å². The molecule has 2 heterocycles. The van der Waals surface area contributed by atoms with Crippen LogP contribution in [0.2, 0.25) is 4.34 Å². The van der Waals surface area contributed by atoms with Crippen molar-refractivity contribution < 1.29 is 4.74 Å². The summed E-state index contributed by atoms with van der Waals surface area (Å²) in [6.45, 7) is 0. The average Bonchev–Trinajstić information content (AvgIpc) is 2.85. The highest BCUT2D eigenvalue weighted by atomic mass is 79.9. The van der Waals surface area contributed by atoms with Crippen LogP contribution in [0.15, 0.2) is 22.0 Å². The van der Waals surface area contributed by atoms with Crippen molar-refractivity contribution in [1.82, 2.24) is 0 Å². The van der Waals surface area contributed by atoms with Crippen LogP contribution in [0.5, 0.6) is 5.75 Å². The van der Waals surface area contributed by atoms with Crippen molar-refractivity contribution in [2.75, 3.05) is 7.11 Å². The van der Waals surface area contributed by atoms with Crippen LogP contribution in [0.1, 0.15) is 15.8 Å². The van der Waals surface area contributed by atoms with E-state index in [2.05, 4.69) is 15.9 Å². The lowest BCUT2D eigenvalue weighted by Gasteiger charge is -2.09. The van der Waals surface area contributed by atoms with E-state index in [0.717, 1.165) is 24.3 Å². The summed E-state index contributed by atoms with van der Waals surface area (Å²) in [4.78, 5) is 2.05. The fraction of sp³-hybridized carbons (Fsp3) is 0.200. The van der Waals surface area contributed by atoms with Gasteiger partial charge in [0.25, 0.3) is 0 Å². The molecule has 0 spiro atoms. The lowest BCUT2D eigenvalue weighted by Crippen LogP contribution is -2.09. The maximum Gasteiger partial charge on any atom is 0.134 e. The minimum Gasteiger partial charge on any atom is -0.496 e. The second kappa shape index (κ2) is 5.06. The Morgan fingerprint density at radius 2 is 2.31 bits per heavy atom. The summed E-state index contributed by atoms with van der Waals surface area (Å²) in [5.74, 6) is 0.832. The van der Waals surface area contributed by atoms with Crippen LogP contribution < -0.4 is 10.5 Å². The molecule has 0 saturated carbocycles. The zero-order chi connectivity index (χ0) is 11.7. The van der Waals surface area contributed by atoms with Gasteiger partial charge in [-0.2, -0.15) is 0 Å². The van der Waals surface area contributed by atoms with Crippen molar-refractivity contribution in [3.63, 3.8) is 0 Å². The molecule has 0 radical (unpaired) electrons. The van der Waals surface area contributed by atoms with Crippen molar-refractivity contribution >= 4 is 50.2 Å². The molecule has 2 aromatic heterocycles. The first-order valence-corrected chi connectivity index (χ1v) is 7.32. The molecule has 16 heavy (non-hydrogen) atoms. The molecule has 6 heteroatoms. The number of hydrogen-bond donors (Lipinski definition) is 1. The Balaban J connectivity index is 2.35. The van der Waals surface area contributed by atoms with Crippen molar-refractivity contribution in [3.8, 4) is 5.75 Å². The van der Waals surface area contributed by atoms with Crippen molar-refractivity contribution in [2.24, 2.45) is 5.73 Å². The largest absolute Gasteiger partial charge is 0.496 e. The van der Waals surface area contributed by atoms with Crippen molar-refractivity contribution in [3.05, 3.63) is 36.1 Å². The van der Waals surface area contributed by atoms with Gasteiger partial charge in [-0.05, 0) is 33.4 Å². The van der Waals surface area contributed by atoms with Gasteiger partial charge in [0, 0.05) is 9.35 Å². The number of halogens is 2. The van der Waals surface area contributed by atoms with Crippen LogP contribution >= 0.6 is 50.2 Å². The van der Waals surface area contributed by atoms with E-state index in [1.54, 1.807) is 18.4 Å². The van der Waals surface area contributed by atoms with E-state index >= 15 is 0 Å². The normalized spacial score (nSPS) is 12.8. The van der Waals surface area contributed by atoms with Gasteiger partial charge in [0.1, 0.15) is 10.1 Å². The maximum atomic E-state index is 6.18. The first-order chi connectivity index (χ1) is 7.63. The van der Waals surface area contributed by atoms with E-state index in [4.69, 9.17) is 22.1 Å². The SMILES string of the molecule is COc1ccsc1C(N)c1cc(Br)c(Cl)s1. The molecular formula is C10H9BrClNOS2. The molecule has 0 aliphatic rings. The van der Waals surface area contributed by atoms with Crippen LogP contribution in [0.4, 0.5) is 0 Å². The highest BCUT2D eigenvalue weighted by molar-refractivity contribution is 9.10. The molecule has 1 unspecified atom stereocenters. The lowest BCUT2D eigenvalue weighted by molar-refractivity contribution is 0.411. The topological polar surface area (TPSA) is 35.2 Å². The number of hydrogen-bond acceptors (Lipinski definition) is 4. The van der Waals surface area contributed by atoms with E-state index < -0.39 is 0 Å². The summed E-state index contributed by atoms with van der Waals surface area (Å²) in [5.41, 5.74) is 6.18. The van der Waals surface area contributed by atoms with Crippen LogP contribution in [0, 0.1) is 0 Å². The summed E-state index contributed by atoms with van der Waals surface area (Å²) in [5, 5.41) is 1.97. The van der Waals surface area contributed by atoms with Gasteiger partial charge in [0.15, 0.2) is 0 Å². The predicted octanol–water partition coefficient (Wildman–Crippen LogP) is 4.28. The molecular weight excluding hydrogens is 330 g/mol. The Labute approximate surface area is 115 Å². The monoisotopic (exact) mass is 337 g/mol. The average molecular weight is 339 g/mol. The van der Waals surface area contributed by atoms with Gasteiger partial charge in [-0.15, -0.1) is 22.7 Å². The Hall–Kier alpha value is -0.0700. The Morgan fingerprint density at radius 3 is 2.88 bits per heavy atom. The highest BCUT2D eigenvalue weighted by Crippen LogP contribution is 2.40. The smallest absolute Gasteiger partial charge is 0.134 e. The molecule has 0 saturated heterocycles. The molecule has 0 aliphatic carbocycles. The maximum absolute atomic E-state index is 6.18. The fourth-order valence-electron chi connectivity index (χ4n) is 1.35. The highest BCUT2D eigenvalue weighted by Gasteiger charge is 2.18. The molecule has 0 bridgehead atoms. The predicted molar refractivity (Wildman–Crippen MR) is 73.9 cm³/mol. The van der Waals surface area contributed by atoms with Crippen molar-refractivity contribution in [1.29, 1.82) is 0 Å². The third-order valence-corrected chi connectivity index (χ3v) is 5.67. The van der Waals surface area contributed by atoms with Gasteiger partial charge in [-0.25, -0.2) is 0 Å². The summed E-state index contributed by atoms with van der Waals surface area (Å²) in [6.07, 6.45) is 0. The number of rotatable bonds is 3. The molecule has 86 valence electrons. The molecule has 2 nitrogen and oxygen atoms in total. The van der Waals surface area contributed by atoms with Gasteiger partial charge >= 0.3 is 0 Å². The second-order valence-electron chi connectivity index (χ2n) is 3.10. The quantitative estimate of drug-likeness (QED) is 0.906. The van der Waals surface area contributed by atoms with Crippen molar-refractivity contribution in [2.45, 2.75) is 6.04 Å². The van der Waals surface area contributed by atoms with E-state index in [9.17, 15) is 0 Å². The Kier molecular flexibility index (Phi) is 3.92. The standard InChI is InChI=1S/C10H9BrClNOS2/c1-14-6-2-3-15-9(6)8(13)7-4-5(11)10(12)16-7/h2-4,8H,13H2,1H3. The fourth-order valence-corrected chi connectivity index (χ4v) is 4.05. The summed E-state index contributed by atoms with van der Waals surface area (Å²) in [6, 6.07) is 3.70. The molecule has 2 aromatic rings. The Bertz CT molecular complexity index is 477. The molecule has 2 N–H and O–H groups in total. The van der Waals surface area contributed by atoms with Gasteiger partial charge < -0.3 is 10.5 Å². The third kappa shape index (κ3) is 2.28. The number of methoxy groups -OCH3 is 1. The zero-order valence-electron chi connectivity index (χ0n) is 8.37. The van der Waals surface area contributed by atoms with E-state index in [1.807, 2.05) is 17.5 Å². The first kappa shape index (κ1) is 12.4. The first-order valence-electron chi connectivity index (χ1n) is 4.45. The summed E-state index contributed by atoms with van der Waals surface area (Å²) < 4.78 is 6.87. The molecule has 0 aliphatic heterocycles. The lowest BCUT2D eigenvalue weighted by atomic mass is 10.2. The van der Waals surface area contributed by atoms with Crippen LogP contribution in [-0.2, 0) is 0 Å². The van der Waals surface area contributed by atoms with Crippen LogP contribution in [0.3, 0.4) is 0 Å². The minimum atomic E-state index is -0.177. The van der Waals surface area contributed by atoms with E-state index in [-0.39, 0.29) is 6.04 Å². The van der Waals surface area contributed by atoms with E-state index in [1.165, 1.54) is 11.3 Å². The van der Waals surface area contributed by atoms with Gasteiger partial charge in [-0.1, -0.05) is 11.6 Å².